The molecule has 43 heavy (non-hydrogen) atoms. The quantitative estimate of drug-likeness (QED) is 0.263. The van der Waals surface area contributed by atoms with Crippen LogP contribution >= 0.6 is 0 Å². The number of fused-ring (bicyclic) bond motifs is 6. The zero-order valence-corrected chi connectivity index (χ0v) is 23.7. The number of imidazole rings is 1. The number of rotatable bonds is 6. The highest BCUT2D eigenvalue weighted by atomic mass is 19.3. The first kappa shape index (κ1) is 25.4. The molecule has 2 aliphatic heterocycles. The highest BCUT2D eigenvalue weighted by Gasteiger charge is 2.52. The van der Waals surface area contributed by atoms with Crippen molar-refractivity contribution >= 4 is 23.9 Å². The number of benzene rings is 3. The summed E-state index contributed by atoms with van der Waals surface area (Å²) >= 11 is 0. The van der Waals surface area contributed by atoms with Crippen molar-refractivity contribution in [1.29, 1.82) is 0 Å². The number of aromatic nitrogens is 2. The van der Waals surface area contributed by atoms with Crippen LogP contribution in [0.25, 0.3) is 33.3 Å². The van der Waals surface area contributed by atoms with Crippen molar-refractivity contribution in [2.24, 2.45) is 11.3 Å². The first-order valence-corrected chi connectivity index (χ1v) is 15.5. The Kier molecular flexibility index (Phi) is 5.17. The summed E-state index contributed by atoms with van der Waals surface area (Å²) in [7, 11) is 0. The van der Waals surface area contributed by atoms with Crippen molar-refractivity contribution in [3.8, 4) is 22.3 Å². The molecule has 2 saturated carbocycles. The molecular formula is C35H32F2N4O2. The van der Waals surface area contributed by atoms with Gasteiger partial charge >= 0.3 is 0 Å². The number of nitrogens with one attached hydrogen (secondary N) is 1. The standard InChI is InChI=1S/C35H32F2N4O2/c36-35(37)28-12-20(11-25-16-34(9-10-34)17-40(25)18-42)1-6-26(28)27-7-3-21(14-29(27)35)22-4-8-30-31(15-22)39-33(38-30)32-23-2-5-24(13-23)41(32)19-43/h1,3-4,6-8,12,14-15,18-19,23-25,32H,2,5,9-11,13,16-17H2,(H,38,39)/t23-,24+,25+,32-/m0/s1. The van der Waals surface area contributed by atoms with Gasteiger partial charge < -0.3 is 14.8 Å². The van der Waals surface area contributed by atoms with E-state index in [0.717, 1.165) is 91.4 Å². The van der Waals surface area contributed by atoms with Gasteiger partial charge in [0.15, 0.2) is 0 Å². The number of hydrogen-bond donors (Lipinski definition) is 1. The number of hydrogen-bond acceptors (Lipinski definition) is 3. The van der Waals surface area contributed by atoms with E-state index in [1.54, 1.807) is 12.1 Å². The molecule has 3 aromatic carbocycles. The lowest BCUT2D eigenvalue weighted by atomic mass is 9.95. The number of carbonyl (C=O) groups is 2. The van der Waals surface area contributed by atoms with Gasteiger partial charge in [-0.3, -0.25) is 9.59 Å². The van der Waals surface area contributed by atoms with E-state index >= 15 is 8.78 Å². The summed E-state index contributed by atoms with van der Waals surface area (Å²) in [5.41, 5.74) is 5.54. The van der Waals surface area contributed by atoms with Gasteiger partial charge in [0.05, 0.1) is 17.1 Å². The third kappa shape index (κ3) is 3.71. The smallest absolute Gasteiger partial charge is 0.299 e. The lowest BCUT2D eigenvalue weighted by molar-refractivity contribution is -0.122. The topological polar surface area (TPSA) is 69.3 Å². The molecule has 3 aliphatic carbocycles. The van der Waals surface area contributed by atoms with Crippen LogP contribution in [0.1, 0.15) is 67.1 Å². The van der Waals surface area contributed by atoms with E-state index in [0.29, 0.717) is 29.5 Å². The van der Waals surface area contributed by atoms with Gasteiger partial charge in [-0.25, -0.2) is 4.98 Å². The third-order valence-electron chi connectivity index (χ3n) is 11.2. The van der Waals surface area contributed by atoms with Crippen LogP contribution in [0.4, 0.5) is 8.78 Å². The fraction of sp³-hybridized carbons (Fsp3) is 0.400. The van der Waals surface area contributed by atoms with E-state index in [-0.39, 0.29) is 28.6 Å². The number of halogens is 2. The molecule has 4 fully saturated rings. The van der Waals surface area contributed by atoms with Crippen LogP contribution in [0.3, 0.4) is 0 Å². The summed E-state index contributed by atoms with van der Waals surface area (Å²) in [6.45, 7) is 0.793. The van der Waals surface area contributed by atoms with E-state index in [2.05, 4.69) is 4.98 Å². The van der Waals surface area contributed by atoms with E-state index in [4.69, 9.17) is 4.98 Å². The average Bonchev–Trinajstić information content (AvgIpc) is 3.46. The number of nitrogens with zero attached hydrogens (tertiary/aromatic N) is 3. The van der Waals surface area contributed by atoms with Crippen LogP contribution in [0.15, 0.2) is 54.6 Å². The number of amides is 2. The molecule has 6 nitrogen and oxygen atoms in total. The summed E-state index contributed by atoms with van der Waals surface area (Å²) in [4.78, 5) is 35.6. The van der Waals surface area contributed by atoms with Gasteiger partial charge in [0.2, 0.25) is 12.8 Å². The van der Waals surface area contributed by atoms with Gasteiger partial charge in [-0.1, -0.05) is 30.3 Å². The van der Waals surface area contributed by atoms with Crippen molar-refractivity contribution in [1.82, 2.24) is 19.8 Å². The number of carbonyl (C=O) groups excluding carboxylic acids is 2. The largest absolute Gasteiger partial charge is 0.341 e. The normalized spacial score (nSPS) is 27.2. The summed E-state index contributed by atoms with van der Waals surface area (Å²) in [5.74, 6) is -1.88. The second kappa shape index (κ2) is 8.74. The fourth-order valence-electron chi connectivity index (χ4n) is 8.78. The predicted octanol–water partition coefficient (Wildman–Crippen LogP) is 6.59. The highest BCUT2D eigenvalue weighted by Crippen LogP contribution is 2.56. The van der Waals surface area contributed by atoms with Gasteiger partial charge in [-0.2, -0.15) is 8.78 Å². The van der Waals surface area contributed by atoms with Crippen molar-refractivity contribution in [2.75, 3.05) is 6.54 Å². The molecule has 1 aromatic heterocycles. The van der Waals surface area contributed by atoms with Gasteiger partial charge in [-0.05, 0) is 108 Å². The fourth-order valence-corrected chi connectivity index (χ4v) is 8.78. The minimum Gasteiger partial charge on any atom is -0.341 e. The van der Waals surface area contributed by atoms with Crippen LogP contribution in [0, 0.1) is 11.3 Å². The maximum absolute atomic E-state index is 16.1. The molecule has 3 heterocycles. The van der Waals surface area contributed by atoms with Gasteiger partial charge in [-0.15, -0.1) is 0 Å². The van der Waals surface area contributed by atoms with E-state index in [1.807, 2.05) is 52.3 Å². The van der Waals surface area contributed by atoms with Crippen LogP contribution in [0.5, 0.6) is 0 Å². The molecule has 1 spiro atoms. The Morgan fingerprint density at radius 1 is 0.930 bits per heavy atom. The van der Waals surface area contributed by atoms with Crippen molar-refractivity contribution < 1.29 is 18.4 Å². The third-order valence-corrected chi connectivity index (χ3v) is 11.2. The number of H-pyrrole nitrogens is 1. The molecule has 1 N–H and O–H groups in total. The van der Waals surface area contributed by atoms with Crippen LogP contribution in [0.2, 0.25) is 0 Å². The van der Waals surface area contributed by atoms with Crippen LogP contribution < -0.4 is 0 Å². The zero-order chi connectivity index (χ0) is 29.1. The molecule has 8 heteroatoms. The van der Waals surface area contributed by atoms with Crippen LogP contribution in [-0.2, 0) is 21.9 Å². The summed E-state index contributed by atoms with van der Waals surface area (Å²) < 4.78 is 32.1. The van der Waals surface area contributed by atoms with Gasteiger partial charge in [0.1, 0.15) is 5.82 Å². The highest BCUT2D eigenvalue weighted by molar-refractivity contribution is 5.86. The average molecular weight is 579 g/mol. The van der Waals surface area contributed by atoms with Gasteiger partial charge in [0, 0.05) is 29.8 Å². The summed E-state index contributed by atoms with van der Waals surface area (Å²) in [6, 6.07) is 17.0. The van der Waals surface area contributed by atoms with E-state index in [1.165, 1.54) is 0 Å². The lowest BCUT2D eigenvalue weighted by Crippen LogP contribution is -2.34. The molecular weight excluding hydrogens is 546 g/mol. The second-order valence-electron chi connectivity index (χ2n) is 13.6. The molecule has 0 radical (unpaired) electrons. The van der Waals surface area contributed by atoms with Crippen molar-refractivity contribution in [3.63, 3.8) is 0 Å². The number of aromatic amines is 1. The Bertz CT molecular complexity index is 1830. The maximum atomic E-state index is 16.1. The predicted molar refractivity (Wildman–Crippen MR) is 158 cm³/mol. The van der Waals surface area contributed by atoms with E-state index < -0.39 is 5.92 Å². The Hall–Kier alpha value is -4.07. The molecule has 218 valence electrons. The number of alkyl halides is 2. The Labute approximate surface area is 248 Å². The molecule has 4 atom stereocenters. The Morgan fingerprint density at radius 2 is 1.70 bits per heavy atom. The molecule has 2 saturated heterocycles. The van der Waals surface area contributed by atoms with E-state index in [9.17, 15) is 9.59 Å². The molecule has 2 amide bonds. The Balaban J connectivity index is 1.01. The number of likely N-dealkylation sites (tertiary alicyclic amines) is 2. The molecule has 0 unspecified atom stereocenters. The minimum atomic E-state index is -3.11. The molecule has 5 aliphatic rings. The minimum absolute atomic E-state index is 0.0264. The molecule has 9 rings (SSSR count). The second-order valence-corrected chi connectivity index (χ2v) is 13.6. The lowest BCUT2D eigenvalue weighted by Gasteiger charge is -2.30. The first-order chi connectivity index (χ1) is 20.9. The first-order valence-electron chi connectivity index (χ1n) is 15.5. The van der Waals surface area contributed by atoms with Crippen molar-refractivity contribution in [3.05, 3.63) is 77.1 Å². The summed E-state index contributed by atoms with van der Waals surface area (Å²) in [6.07, 6.45) is 8.94. The maximum Gasteiger partial charge on any atom is 0.299 e. The SMILES string of the molecule is O=CN1CC2(CC2)C[C@H]1Cc1ccc2c(c1)C(F)(F)c1cc(-c3ccc4nc([C@@H]5[C@H]6CC[C@H](C6)N5C=O)[nH]c4c3)ccc1-2. The summed E-state index contributed by atoms with van der Waals surface area (Å²) in [5, 5.41) is 0. The van der Waals surface area contributed by atoms with Crippen LogP contribution in [-0.4, -0.2) is 51.2 Å². The Morgan fingerprint density at radius 3 is 2.49 bits per heavy atom. The van der Waals surface area contributed by atoms with Crippen molar-refractivity contribution in [2.45, 2.75) is 69.0 Å². The van der Waals surface area contributed by atoms with Gasteiger partial charge in [0.25, 0.3) is 5.92 Å². The molecule has 2 bridgehead atoms. The molecule has 4 aromatic rings. The number of piperidine rings is 1. The monoisotopic (exact) mass is 578 g/mol. The zero-order valence-electron chi connectivity index (χ0n) is 23.7.